The monoisotopic (exact) mass is 234 g/mol. The lowest BCUT2D eigenvalue weighted by Crippen LogP contribution is -2.23. The van der Waals surface area contributed by atoms with E-state index >= 15 is 0 Å². The van der Waals surface area contributed by atoms with Crippen LogP contribution in [0.2, 0.25) is 0 Å². The Kier molecular flexibility index (Phi) is 3.17. The van der Waals surface area contributed by atoms with Crippen molar-refractivity contribution in [2.75, 3.05) is 6.61 Å². The predicted octanol–water partition coefficient (Wildman–Crippen LogP) is 3.48. The molecule has 0 aliphatic heterocycles. The van der Waals surface area contributed by atoms with Gasteiger partial charge in [-0.25, -0.2) is 0 Å². The maximum atomic E-state index is 10.7. The Hall–Kier alpha value is -1.02. The van der Waals surface area contributed by atoms with Gasteiger partial charge < -0.3 is 9.84 Å². The number of benzene rings is 1. The largest absolute Gasteiger partial charge is 0.494 e. The van der Waals surface area contributed by atoms with Gasteiger partial charge in [0, 0.05) is 0 Å². The molecule has 1 aromatic rings. The molecule has 1 aliphatic rings. The Morgan fingerprint density at radius 1 is 1.29 bits per heavy atom. The van der Waals surface area contributed by atoms with Crippen LogP contribution in [-0.2, 0) is 5.60 Å². The van der Waals surface area contributed by atoms with E-state index in [4.69, 9.17) is 4.74 Å². The van der Waals surface area contributed by atoms with E-state index in [1.807, 2.05) is 31.2 Å². The molecule has 1 aliphatic carbocycles. The predicted molar refractivity (Wildman–Crippen MR) is 69.1 cm³/mol. The van der Waals surface area contributed by atoms with Gasteiger partial charge in [-0.2, -0.15) is 0 Å². The molecule has 1 saturated carbocycles. The van der Waals surface area contributed by atoms with Crippen molar-refractivity contribution in [2.45, 2.75) is 45.6 Å². The van der Waals surface area contributed by atoms with Crippen LogP contribution >= 0.6 is 0 Å². The maximum absolute atomic E-state index is 10.7. The zero-order valence-electron chi connectivity index (χ0n) is 11.0. The molecule has 0 spiro atoms. The third kappa shape index (κ3) is 2.63. The zero-order valence-corrected chi connectivity index (χ0v) is 11.0. The number of aliphatic hydroxyl groups is 1. The first-order valence-electron chi connectivity index (χ1n) is 6.41. The summed E-state index contributed by atoms with van der Waals surface area (Å²) in [7, 11) is 0. The van der Waals surface area contributed by atoms with Gasteiger partial charge in [-0.05, 0) is 49.3 Å². The average Bonchev–Trinajstić information content (AvgIpc) is 2.55. The van der Waals surface area contributed by atoms with Crippen LogP contribution in [-0.4, -0.2) is 11.7 Å². The van der Waals surface area contributed by atoms with Crippen molar-refractivity contribution in [3.05, 3.63) is 29.8 Å². The summed E-state index contributed by atoms with van der Waals surface area (Å²) in [5.41, 5.74) is 0.557. The third-order valence-corrected chi connectivity index (χ3v) is 3.67. The van der Waals surface area contributed by atoms with Gasteiger partial charge in [0.15, 0.2) is 0 Å². The lowest BCUT2D eigenvalue weighted by atomic mass is 9.86. The lowest BCUT2D eigenvalue weighted by Gasteiger charge is -2.26. The molecule has 0 radical (unpaired) electrons. The van der Waals surface area contributed by atoms with Crippen molar-refractivity contribution < 1.29 is 9.84 Å². The molecule has 0 heterocycles. The standard InChI is InChI=1S/C15H22O2/c1-4-17-13-7-5-6-12(10-13)15(16)9-8-14(2,3)11-15/h5-7,10,16H,4,8-9,11H2,1-3H3. The number of hydrogen-bond acceptors (Lipinski definition) is 2. The highest BCUT2D eigenvalue weighted by molar-refractivity contribution is 5.33. The number of ether oxygens (including phenoxy) is 1. The molecule has 1 atom stereocenters. The molecule has 94 valence electrons. The van der Waals surface area contributed by atoms with Crippen molar-refractivity contribution in [3.8, 4) is 5.75 Å². The van der Waals surface area contributed by atoms with E-state index in [-0.39, 0.29) is 5.41 Å². The first kappa shape index (κ1) is 12.4. The van der Waals surface area contributed by atoms with Crippen LogP contribution in [0.5, 0.6) is 5.75 Å². The molecule has 2 rings (SSSR count). The second kappa shape index (κ2) is 4.34. The highest BCUT2D eigenvalue weighted by Gasteiger charge is 2.42. The van der Waals surface area contributed by atoms with Crippen LogP contribution in [0.15, 0.2) is 24.3 Å². The average molecular weight is 234 g/mol. The molecule has 1 aromatic carbocycles. The molecule has 0 bridgehead atoms. The van der Waals surface area contributed by atoms with Crippen LogP contribution in [0.3, 0.4) is 0 Å². The summed E-state index contributed by atoms with van der Waals surface area (Å²) >= 11 is 0. The molecule has 1 unspecified atom stereocenters. The smallest absolute Gasteiger partial charge is 0.119 e. The van der Waals surface area contributed by atoms with Crippen LogP contribution in [0.4, 0.5) is 0 Å². The minimum Gasteiger partial charge on any atom is -0.494 e. The van der Waals surface area contributed by atoms with E-state index in [1.54, 1.807) is 0 Å². The van der Waals surface area contributed by atoms with Gasteiger partial charge in [0.2, 0.25) is 0 Å². The van der Waals surface area contributed by atoms with Crippen LogP contribution < -0.4 is 4.74 Å². The maximum Gasteiger partial charge on any atom is 0.119 e. The highest BCUT2D eigenvalue weighted by Crippen LogP contribution is 2.49. The Morgan fingerprint density at radius 3 is 2.65 bits per heavy atom. The molecule has 0 amide bonds. The van der Waals surface area contributed by atoms with Gasteiger partial charge in [-0.15, -0.1) is 0 Å². The summed E-state index contributed by atoms with van der Waals surface area (Å²) < 4.78 is 5.49. The molecule has 2 heteroatoms. The van der Waals surface area contributed by atoms with Gasteiger partial charge in [0.1, 0.15) is 5.75 Å². The molecule has 0 saturated heterocycles. The molecule has 2 nitrogen and oxygen atoms in total. The van der Waals surface area contributed by atoms with Crippen LogP contribution in [0, 0.1) is 5.41 Å². The highest BCUT2D eigenvalue weighted by atomic mass is 16.5. The summed E-state index contributed by atoms with van der Waals surface area (Å²) in [6.07, 6.45) is 2.74. The molecule has 17 heavy (non-hydrogen) atoms. The quantitative estimate of drug-likeness (QED) is 0.867. The van der Waals surface area contributed by atoms with Gasteiger partial charge in [0.25, 0.3) is 0 Å². The fourth-order valence-electron chi connectivity index (χ4n) is 2.80. The fraction of sp³-hybridized carbons (Fsp3) is 0.600. The van der Waals surface area contributed by atoms with Crippen molar-refractivity contribution >= 4 is 0 Å². The molecule has 1 N–H and O–H groups in total. The minimum atomic E-state index is -0.670. The van der Waals surface area contributed by atoms with Crippen LogP contribution in [0.25, 0.3) is 0 Å². The molecule has 0 aromatic heterocycles. The second-order valence-corrected chi connectivity index (χ2v) is 5.83. The van der Waals surface area contributed by atoms with Gasteiger partial charge in [-0.3, -0.25) is 0 Å². The van der Waals surface area contributed by atoms with Gasteiger partial charge in [0.05, 0.1) is 12.2 Å². The van der Waals surface area contributed by atoms with Gasteiger partial charge >= 0.3 is 0 Å². The topological polar surface area (TPSA) is 29.5 Å². The minimum absolute atomic E-state index is 0.233. The summed E-state index contributed by atoms with van der Waals surface area (Å²) in [5.74, 6) is 0.850. The zero-order chi connectivity index (χ0) is 12.5. The van der Waals surface area contributed by atoms with E-state index in [0.29, 0.717) is 6.61 Å². The fourth-order valence-corrected chi connectivity index (χ4v) is 2.80. The lowest BCUT2D eigenvalue weighted by molar-refractivity contribution is 0.0336. The first-order chi connectivity index (χ1) is 7.95. The summed E-state index contributed by atoms with van der Waals surface area (Å²) in [5, 5.41) is 10.7. The Labute approximate surface area is 104 Å². The van der Waals surface area contributed by atoms with Crippen molar-refractivity contribution in [1.29, 1.82) is 0 Å². The number of rotatable bonds is 3. The third-order valence-electron chi connectivity index (χ3n) is 3.67. The summed E-state index contributed by atoms with van der Waals surface area (Å²) in [6.45, 7) is 7.07. The van der Waals surface area contributed by atoms with E-state index in [1.165, 1.54) is 0 Å². The Bertz CT molecular complexity index is 398. The summed E-state index contributed by atoms with van der Waals surface area (Å²) in [6, 6.07) is 7.88. The Balaban J connectivity index is 2.25. The summed E-state index contributed by atoms with van der Waals surface area (Å²) in [4.78, 5) is 0. The van der Waals surface area contributed by atoms with Crippen molar-refractivity contribution in [2.24, 2.45) is 5.41 Å². The Morgan fingerprint density at radius 2 is 2.06 bits per heavy atom. The van der Waals surface area contributed by atoms with E-state index in [2.05, 4.69) is 13.8 Å². The van der Waals surface area contributed by atoms with E-state index in [9.17, 15) is 5.11 Å². The van der Waals surface area contributed by atoms with E-state index < -0.39 is 5.60 Å². The van der Waals surface area contributed by atoms with Crippen molar-refractivity contribution in [1.82, 2.24) is 0 Å². The number of hydrogen-bond donors (Lipinski definition) is 1. The SMILES string of the molecule is CCOc1cccc(C2(O)CCC(C)(C)C2)c1. The second-order valence-electron chi connectivity index (χ2n) is 5.83. The van der Waals surface area contributed by atoms with E-state index in [0.717, 1.165) is 30.6 Å². The molecule has 1 fully saturated rings. The normalized spacial score (nSPS) is 27.1. The molecular weight excluding hydrogens is 212 g/mol. The molecular formula is C15H22O2. The van der Waals surface area contributed by atoms with Crippen LogP contribution in [0.1, 0.15) is 45.6 Å². The van der Waals surface area contributed by atoms with Crippen molar-refractivity contribution in [3.63, 3.8) is 0 Å². The first-order valence-corrected chi connectivity index (χ1v) is 6.41. The van der Waals surface area contributed by atoms with Gasteiger partial charge in [-0.1, -0.05) is 26.0 Å².